The minimum Gasteiger partial charge on any atom is -0.318 e. The van der Waals surface area contributed by atoms with E-state index in [0.717, 1.165) is 21.9 Å². The summed E-state index contributed by atoms with van der Waals surface area (Å²) in [4.78, 5) is 3.93. The van der Waals surface area contributed by atoms with Crippen molar-refractivity contribution in [1.82, 2.24) is 10.2 Å². The summed E-state index contributed by atoms with van der Waals surface area (Å²) in [7, 11) is 2.03. The Bertz CT molecular complexity index is 348. The molecule has 17 heavy (non-hydrogen) atoms. The quantitative estimate of drug-likeness (QED) is 0.900. The van der Waals surface area contributed by atoms with E-state index in [-0.39, 0.29) is 0 Å². The summed E-state index contributed by atoms with van der Waals surface area (Å²) in [5.74, 6) is 0. The highest BCUT2D eigenvalue weighted by Crippen LogP contribution is 2.33. The third-order valence-corrected chi connectivity index (χ3v) is 5.70. The molecular weight excluding hydrogens is 320 g/mol. The van der Waals surface area contributed by atoms with E-state index in [0.29, 0.717) is 6.04 Å². The number of likely N-dealkylation sites (tertiary alicyclic amines) is 1. The Balaban J connectivity index is 2.00. The lowest BCUT2D eigenvalue weighted by molar-refractivity contribution is 0.140. The fourth-order valence-electron chi connectivity index (χ4n) is 2.40. The van der Waals surface area contributed by atoms with Gasteiger partial charge in [0.1, 0.15) is 4.34 Å². The molecule has 96 valence electrons. The van der Waals surface area contributed by atoms with Crippen LogP contribution in [0.4, 0.5) is 0 Å². The maximum Gasteiger partial charge on any atom is 0.107 e. The molecule has 1 unspecified atom stereocenters. The molecule has 1 atom stereocenters. The SMILES string of the molecule is CNCC1CCCCN1Cc1cc(Br)c(Cl)s1. The van der Waals surface area contributed by atoms with Crippen LogP contribution in [0.5, 0.6) is 0 Å². The molecule has 0 amide bonds. The molecule has 2 nitrogen and oxygen atoms in total. The monoisotopic (exact) mass is 336 g/mol. The van der Waals surface area contributed by atoms with Gasteiger partial charge in [0.15, 0.2) is 0 Å². The first-order valence-corrected chi connectivity index (χ1v) is 8.02. The second-order valence-electron chi connectivity index (χ2n) is 4.51. The summed E-state index contributed by atoms with van der Waals surface area (Å²) in [5.41, 5.74) is 0. The Labute approximate surface area is 120 Å². The number of nitrogens with one attached hydrogen (secondary N) is 1. The minimum absolute atomic E-state index is 0.674. The van der Waals surface area contributed by atoms with E-state index in [2.05, 4.69) is 32.2 Å². The molecule has 1 fully saturated rings. The lowest BCUT2D eigenvalue weighted by atomic mass is 10.0. The highest BCUT2D eigenvalue weighted by molar-refractivity contribution is 9.10. The van der Waals surface area contributed by atoms with Gasteiger partial charge in [-0.25, -0.2) is 0 Å². The topological polar surface area (TPSA) is 15.3 Å². The number of thiophene rings is 1. The van der Waals surface area contributed by atoms with Crippen LogP contribution in [-0.4, -0.2) is 31.1 Å². The molecule has 0 saturated carbocycles. The van der Waals surface area contributed by atoms with Gasteiger partial charge in [-0.05, 0) is 48.4 Å². The molecule has 0 radical (unpaired) electrons. The van der Waals surface area contributed by atoms with E-state index in [9.17, 15) is 0 Å². The molecule has 1 aliphatic rings. The zero-order valence-electron chi connectivity index (χ0n) is 10.0. The van der Waals surface area contributed by atoms with Gasteiger partial charge in [-0.1, -0.05) is 18.0 Å². The van der Waals surface area contributed by atoms with Crippen molar-refractivity contribution >= 4 is 38.9 Å². The van der Waals surface area contributed by atoms with Crippen LogP contribution in [-0.2, 0) is 6.54 Å². The normalized spacial score (nSPS) is 21.9. The summed E-state index contributed by atoms with van der Waals surface area (Å²) in [6, 6.07) is 2.83. The molecular formula is C12H18BrClN2S. The Morgan fingerprint density at radius 1 is 1.59 bits per heavy atom. The first kappa shape index (κ1) is 13.8. The summed E-state index contributed by atoms with van der Waals surface area (Å²) in [5, 5.41) is 3.30. The van der Waals surface area contributed by atoms with Crippen molar-refractivity contribution in [2.45, 2.75) is 31.8 Å². The Morgan fingerprint density at radius 3 is 3.06 bits per heavy atom. The lowest BCUT2D eigenvalue weighted by Gasteiger charge is -2.35. The van der Waals surface area contributed by atoms with Gasteiger partial charge in [0.25, 0.3) is 0 Å². The third-order valence-electron chi connectivity index (χ3n) is 3.24. The molecule has 1 N–H and O–H groups in total. The first-order valence-electron chi connectivity index (χ1n) is 6.03. The van der Waals surface area contributed by atoms with Gasteiger partial charge in [0, 0.05) is 28.5 Å². The fourth-order valence-corrected chi connectivity index (χ4v) is 4.22. The van der Waals surface area contributed by atoms with Crippen LogP contribution in [0.15, 0.2) is 10.5 Å². The van der Waals surface area contributed by atoms with Crippen molar-refractivity contribution in [3.05, 3.63) is 19.8 Å². The molecule has 0 aliphatic carbocycles. The van der Waals surface area contributed by atoms with Crippen molar-refractivity contribution < 1.29 is 0 Å². The molecule has 0 bridgehead atoms. The van der Waals surface area contributed by atoms with Gasteiger partial charge >= 0.3 is 0 Å². The maximum atomic E-state index is 6.09. The van der Waals surface area contributed by atoms with E-state index >= 15 is 0 Å². The number of likely N-dealkylation sites (N-methyl/N-ethyl adjacent to an activating group) is 1. The molecule has 1 aliphatic heterocycles. The van der Waals surface area contributed by atoms with E-state index < -0.39 is 0 Å². The van der Waals surface area contributed by atoms with Crippen molar-refractivity contribution in [2.24, 2.45) is 0 Å². The third kappa shape index (κ3) is 3.67. The minimum atomic E-state index is 0.674. The van der Waals surface area contributed by atoms with Crippen LogP contribution < -0.4 is 5.32 Å². The second kappa shape index (κ2) is 6.53. The zero-order chi connectivity index (χ0) is 12.3. The number of piperidine rings is 1. The van der Waals surface area contributed by atoms with Gasteiger partial charge in [0.2, 0.25) is 0 Å². The Kier molecular flexibility index (Phi) is 5.30. The standard InChI is InChI=1S/C12H18BrClN2S/c1-15-7-9-4-2-3-5-16(9)8-10-6-11(13)12(14)17-10/h6,9,15H,2-5,7-8H2,1H3. The van der Waals surface area contributed by atoms with Crippen LogP contribution >= 0.6 is 38.9 Å². The fraction of sp³-hybridized carbons (Fsp3) is 0.667. The van der Waals surface area contributed by atoms with Gasteiger partial charge in [0.05, 0.1) is 0 Å². The van der Waals surface area contributed by atoms with E-state index in [4.69, 9.17) is 11.6 Å². The van der Waals surface area contributed by atoms with Gasteiger partial charge in [-0.3, -0.25) is 4.90 Å². The van der Waals surface area contributed by atoms with Crippen LogP contribution in [0.25, 0.3) is 0 Å². The molecule has 0 aromatic carbocycles. The molecule has 1 saturated heterocycles. The van der Waals surface area contributed by atoms with Crippen LogP contribution in [0.3, 0.4) is 0 Å². The summed E-state index contributed by atoms with van der Waals surface area (Å²) >= 11 is 11.2. The highest BCUT2D eigenvalue weighted by atomic mass is 79.9. The number of hydrogen-bond donors (Lipinski definition) is 1. The summed E-state index contributed by atoms with van der Waals surface area (Å²) in [6.45, 7) is 3.32. The van der Waals surface area contributed by atoms with Crippen LogP contribution in [0.1, 0.15) is 24.1 Å². The van der Waals surface area contributed by atoms with Crippen LogP contribution in [0, 0.1) is 0 Å². The van der Waals surface area contributed by atoms with Crippen molar-refractivity contribution in [3.63, 3.8) is 0 Å². The maximum absolute atomic E-state index is 6.09. The zero-order valence-corrected chi connectivity index (χ0v) is 13.2. The predicted molar refractivity (Wildman–Crippen MR) is 79.0 cm³/mol. The average Bonchev–Trinajstić information content (AvgIpc) is 2.61. The van der Waals surface area contributed by atoms with E-state index in [1.54, 1.807) is 11.3 Å². The van der Waals surface area contributed by atoms with Gasteiger partial charge in [-0.2, -0.15) is 0 Å². The molecule has 2 heterocycles. The van der Waals surface area contributed by atoms with Crippen molar-refractivity contribution in [1.29, 1.82) is 0 Å². The van der Waals surface area contributed by atoms with Crippen molar-refractivity contribution in [3.8, 4) is 0 Å². The average molecular weight is 338 g/mol. The largest absolute Gasteiger partial charge is 0.318 e. The number of nitrogens with zero attached hydrogens (tertiary/aromatic N) is 1. The molecule has 5 heteroatoms. The number of rotatable bonds is 4. The molecule has 0 spiro atoms. The first-order chi connectivity index (χ1) is 8.20. The number of halogens is 2. The molecule has 2 rings (SSSR count). The van der Waals surface area contributed by atoms with Gasteiger partial charge < -0.3 is 5.32 Å². The smallest absolute Gasteiger partial charge is 0.107 e. The number of hydrogen-bond acceptors (Lipinski definition) is 3. The van der Waals surface area contributed by atoms with Gasteiger partial charge in [-0.15, -0.1) is 11.3 Å². The predicted octanol–water partition coefficient (Wildman–Crippen LogP) is 3.74. The Morgan fingerprint density at radius 2 is 2.41 bits per heavy atom. The summed E-state index contributed by atoms with van der Waals surface area (Å²) in [6.07, 6.45) is 3.99. The molecule has 1 aromatic rings. The highest BCUT2D eigenvalue weighted by Gasteiger charge is 2.22. The van der Waals surface area contributed by atoms with Crippen LogP contribution in [0.2, 0.25) is 4.34 Å². The second-order valence-corrected chi connectivity index (χ2v) is 7.11. The lowest BCUT2D eigenvalue weighted by Crippen LogP contribution is -2.44. The van der Waals surface area contributed by atoms with Crippen molar-refractivity contribution in [2.75, 3.05) is 20.1 Å². The van der Waals surface area contributed by atoms with E-state index in [1.165, 1.54) is 30.7 Å². The molecule has 1 aromatic heterocycles. The summed E-state index contributed by atoms with van der Waals surface area (Å²) < 4.78 is 1.89. The van der Waals surface area contributed by atoms with E-state index in [1.807, 2.05) is 7.05 Å². The Hall–Kier alpha value is 0.390.